The Balaban J connectivity index is 1.36. The van der Waals surface area contributed by atoms with Crippen LogP contribution in [-0.4, -0.2) is 32.5 Å². The molecule has 4 aromatic rings. The SMILES string of the molecule is Cc1ccc(N2C(=O)C3Sc4c(sc(=O)n4CC(=O)Nc4cccc(C(F)(F)F)c4)[C@H](c4cccnc4)C3C2=O)cc1. The van der Waals surface area contributed by atoms with E-state index in [-0.39, 0.29) is 5.69 Å². The number of nitrogens with one attached hydrogen (secondary N) is 1. The maximum Gasteiger partial charge on any atom is 0.416 e. The molecule has 0 aliphatic carbocycles. The van der Waals surface area contributed by atoms with E-state index >= 15 is 0 Å². The lowest BCUT2D eigenvalue weighted by atomic mass is 9.84. The number of thiazole rings is 1. The van der Waals surface area contributed by atoms with Gasteiger partial charge in [-0.1, -0.05) is 52.9 Å². The number of fused-ring (bicyclic) bond motifs is 2. The Hall–Kier alpha value is -4.23. The van der Waals surface area contributed by atoms with E-state index in [0.29, 0.717) is 21.2 Å². The summed E-state index contributed by atoms with van der Waals surface area (Å²) in [6, 6.07) is 14.7. The molecule has 2 aliphatic rings. The van der Waals surface area contributed by atoms with Crippen molar-refractivity contribution in [3.63, 3.8) is 0 Å². The van der Waals surface area contributed by atoms with Gasteiger partial charge in [0.05, 0.1) is 22.2 Å². The number of rotatable bonds is 5. The number of thioether (sulfide) groups is 1. The minimum atomic E-state index is -4.59. The molecule has 2 aromatic heterocycles. The van der Waals surface area contributed by atoms with Crippen LogP contribution in [0.1, 0.15) is 27.5 Å². The highest BCUT2D eigenvalue weighted by Gasteiger charge is 2.56. The molecule has 0 bridgehead atoms. The van der Waals surface area contributed by atoms with Crippen LogP contribution < -0.4 is 15.1 Å². The molecular weight excluding hydrogens is 589 g/mol. The molecule has 0 saturated carbocycles. The Bertz CT molecular complexity index is 1770. The van der Waals surface area contributed by atoms with E-state index in [1.165, 1.54) is 21.6 Å². The fourth-order valence-electron chi connectivity index (χ4n) is 5.24. The van der Waals surface area contributed by atoms with Crippen LogP contribution in [0.3, 0.4) is 0 Å². The normalized spacial score (nSPS) is 19.9. The molecule has 8 nitrogen and oxygen atoms in total. The summed E-state index contributed by atoms with van der Waals surface area (Å²) in [5.41, 5.74) is 1.05. The fourth-order valence-corrected chi connectivity index (χ4v) is 8.01. The van der Waals surface area contributed by atoms with Gasteiger partial charge < -0.3 is 5.32 Å². The van der Waals surface area contributed by atoms with Crippen molar-refractivity contribution in [3.05, 3.63) is 104 Å². The van der Waals surface area contributed by atoms with Crippen LogP contribution in [0.15, 0.2) is 82.9 Å². The van der Waals surface area contributed by atoms with Crippen molar-refractivity contribution < 1.29 is 27.6 Å². The van der Waals surface area contributed by atoms with Crippen molar-refractivity contribution in [1.29, 1.82) is 0 Å². The van der Waals surface area contributed by atoms with Gasteiger partial charge in [-0.05, 0) is 48.9 Å². The maximum atomic E-state index is 13.8. The number of nitrogens with zero attached hydrogens (tertiary/aromatic N) is 3. The van der Waals surface area contributed by atoms with E-state index in [0.717, 1.165) is 40.8 Å². The van der Waals surface area contributed by atoms with Crippen LogP contribution in [0.5, 0.6) is 0 Å². The number of carbonyl (C=O) groups excluding carboxylic acids is 3. The lowest BCUT2D eigenvalue weighted by Crippen LogP contribution is -2.33. The van der Waals surface area contributed by atoms with Crippen LogP contribution in [-0.2, 0) is 27.1 Å². The van der Waals surface area contributed by atoms with E-state index in [9.17, 15) is 32.3 Å². The zero-order valence-corrected chi connectivity index (χ0v) is 23.4. The van der Waals surface area contributed by atoms with Crippen molar-refractivity contribution in [3.8, 4) is 0 Å². The van der Waals surface area contributed by atoms with E-state index in [4.69, 9.17) is 0 Å². The molecule has 2 unspecified atom stereocenters. The highest BCUT2D eigenvalue weighted by atomic mass is 32.2. The molecule has 0 spiro atoms. The van der Waals surface area contributed by atoms with Gasteiger partial charge in [0, 0.05) is 28.9 Å². The number of aryl methyl sites for hydroxylation is 1. The predicted molar refractivity (Wildman–Crippen MR) is 152 cm³/mol. The van der Waals surface area contributed by atoms with Gasteiger partial charge in [-0.2, -0.15) is 13.2 Å². The number of halogens is 3. The second kappa shape index (κ2) is 10.6. The minimum absolute atomic E-state index is 0.0711. The number of alkyl halides is 3. The molecule has 2 aromatic carbocycles. The molecule has 1 saturated heterocycles. The number of aromatic nitrogens is 2. The van der Waals surface area contributed by atoms with Gasteiger partial charge in [0.15, 0.2) is 0 Å². The van der Waals surface area contributed by atoms with Crippen LogP contribution in [0, 0.1) is 12.8 Å². The van der Waals surface area contributed by atoms with E-state index in [1.807, 2.05) is 6.92 Å². The molecule has 0 radical (unpaired) electrons. The van der Waals surface area contributed by atoms with Crippen molar-refractivity contribution in [2.24, 2.45) is 5.92 Å². The summed E-state index contributed by atoms with van der Waals surface area (Å²) in [7, 11) is 0. The van der Waals surface area contributed by atoms with E-state index in [2.05, 4.69) is 10.3 Å². The number of imide groups is 1. The monoisotopic (exact) mass is 610 g/mol. The summed E-state index contributed by atoms with van der Waals surface area (Å²) in [5, 5.41) is 1.92. The molecule has 4 heterocycles. The Morgan fingerprint density at radius 3 is 2.48 bits per heavy atom. The Morgan fingerprint density at radius 2 is 1.79 bits per heavy atom. The summed E-state index contributed by atoms with van der Waals surface area (Å²) in [6.45, 7) is 1.40. The van der Waals surface area contributed by atoms with Gasteiger partial charge in [-0.15, -0.1) is 0 Å². The molecule has 6 rings (SSSR count). The zero-order chi connectivity index (χ0) is 29.8. The molecule has 42 heavy (non-hydrogen) atoms. The van der Waals surface area contributed by atoms with Gasteiger partial charge in [-0.3, -0.25) is 28.7 Å². The summed E-state index contributed by atoms with van der Waals surface area (Å²) in [4.78, 5) is 59.1. The highest BCUT2D eigenvalue weighted by Crippen LogP contribution is 2.53. The Morgan fingerprint density at radius 1 is 1.02 bits per heavy atom. The second-order valence-corrected chi connectivity index (χ2v) is 12.0. The summed E-state index contributed by atoms with van der Waals surface area (Å²) < 4.78 is 40.6. The maximum absolute atomic E-state index is 13.8. The number of anilines is 2. The van der Waals surface area contributed by atoms with Crippen molar-refractivity contribution in [2.45, 2.75) is 35.8 Å². The van der Waals surface area contributed by atoms with Crippen LogP contribution in [0.4, 0.5) is 24.5 Å². The van der Waals surface area contributed by atoms with Crippen LogP contribution in [0.2, 0.25) is 0 Å². The zero-order valence-electron chi connectivity index (χ0n) is 21.8. The first-order chi connectivity index (χ1) is 20.0. The topological polar surface area (TPSA) is 101 Å². The lowest BCUT2D eigenvalue weighted by molar-refractivity contribution is -0.137. The molecule has 3 atom stereocenters. The average Bonchev–Trinajstić information content (AvgIpc) is 3.40. The van der Waals surface area contributed by atoms with Gasteiger partial charge in [-0.25, -0.2) is 4.90 Å². The summed E-state index contributed by atoms with van der Waals surface area (Å²) in [6.07, 6.45) is -1.43. The first-order valence-electron chi connectivity index (χ1n) is 12.7. The van der Waals surface area contributed by atoms with E-state index in [1.54, 1.807) is 48.8 Å². The van der Waals surface area contributed by atoms with Crippen molar-refractivity contribution >= 4 is 52.2 Å². The molecule has 2 aliphatic heterocycles. The number of benzene rings is 2. The quantitative estimate of drug-likeness (QED) is 0.317. The summed E-state index contributed by atoms with van der Waals surface area (Å²) >= 11 is 1.93. The first-order valence-corrected chi connectivity index (χ1v) is 14.4. The minimum Gasteiger partial charge on any atom is -0.325 e. The third kappa shape index (κ3) is 4.92. The van der Waals surface area contributed by atoms with Crippen molar-refractivity contribution in [1.82, 2.24) is 9.55 Å². The molecule has 3 amide bonds. The van der Waals surface area contributed by atoms with Crippen LogP contribution in [0.25, 0.3) is 0 Å². The molecule has 1 N–H and O–H groups in total. The lowest BCUT2D eigenvalue weighted by Gasteiger charge is -2.30. The molecule has 13 heteroatoms. The van der Waals surface area contributed by atoms with Gasteiger partial charge in [0.25, 0.3) is 0 Å². The predicted octanol–water partition coefficient (Wildman–Crippen LogP) is 5.07. The Kier molecular flexibility index (Phi) is 7.01. The smallest absolute Gasteiger partial charge is 0.325 e. The number of carbonyl (C=O) groups is 3. The van der Waals surface area contributed by atoms with Crippen molar-refractivity contribution in [2.75, 3.05) is 10.2 Å². The molecule has 1 fully saturated rings. The largest absolute Gasteiger partial charge is 0.416 e. The molecular formula is C29H21F3N4O4S2. The second-order valence-electron chi connectivity index (χ2n) is 9.93. The third-order valence-electron chi connectivity index (χ3n) is 7.16. The van der Waals surface area contributed by atoms with Gasteiger partial charge in [0.2, 0.25) is 17.7 Å². The molecule has 214 valence electrons. The number of amides is 3. The van der Waals surface area contributed by atoms with E-state index < -0.39 is 58.0 Å². The Labute approximate surface area is 245 Å². The standard InChI is InChI=1S/C29H21F3N4O4S2/c1-15-7-9-19(10-8-15)36-25(38)22-21(16-4-3-11-33-13-16)24-27(41-23(22)26(36)39)35(28(40)42-24)14-20(37)34-18-6-2-5-17(12-18)29(30,31)32/h2-13,21-23H,14H2,1H3,(H,34,37)/t21-,22?,23?/m1/s1. The third-order valence-corrected chi connectivity index (χ3v) is 9.76. The average molecular weight is 611 g/mol. The first kappa shape index (κ1) is 27.9. The number of hydrogen-bond donors (Lipinski definition) is 1. The van der Waals surface area contributed by atoms with Crippen LogP contribution >= 0.6 is 23.1 Å². The number of hydrogen-bond acceptors (Lipinski definition) is 7. The fraction of sp³-hybridized carbons (Fsp3) is 0.207. The van der Waals surface area contributed by atoms with Gasteiger partial charge >= 0.3 is 11.0 Å². The van der Waals surface area contributed by atoms with Gasteiger partial charge in [0.1, 0.15) is 11.8 Å². The highest BCUT2D eigenvalue weighted by molar-refractivity contribution is 8.00. The summed E-state index contributed by atoms with van der Waals surface area (Å²) in [5.74, 6) is -3.02. The number of pyridine rings is 1.